The Labute approximate surface area is 230 Å². The first-order valence-corrected chi connectivity index (χ1v) is 15.9. The summed E-state index contributed by atoms with van der Waals surface area (Å²) in [4.78, 5) is 33.5. The molecule has 1 saturated heterocycles. The zero-order valence-electron chi connectivity index (χ0n) is 22.2. The summed E-state index contributed by atoms with van der Waals surface area (Å²) in [6.45, 7) is 7.51. The van der Waals surface area contributed by atoms with Crippen molar-refractivity contribution in [2.24, 2.45) is 0 Å². The minimum Gasteiger partial charge on any atom is -0.355 e. The van der Waals surface area contributed by atoms with Gasteiger partial charge in [0.2, 0.25) is 10.0 Å². The van der Waals surface area contributed by atoms with E-state index in [0.29, 0.717) is 42.7 Å². The maximum absolute atomic E-state index is 14.2. The Kier molecular flexibility index (Phi) is 8.85. The molecule has 0 aromatic heterocycles. The molecule has 4 rings (SSSR count). The van der Waals surface area contributed by atoms with Gasteiger partial charge in [-0.1, -0.05) is 24.3 Å². The number of hydrogen-bond donors (Lipinski definition) is 1. The van der Waals surface area contributed by atoms with Gasteiger partial charge in [0.1, 0.15) is 0 Å². The zero-order chi connectivity index (χ0) is 27.3. The van der Waals surface area contributed by atoms with Gasteiger partial charge < -0.3 is 9.80 Å². The summed E-state index contributed by atoms with van der Waals surface area (Å²) < 4.78 is 26.0. The van der Waals surface area contributed by atoms with E-state index in [1.54, 1.807) is 40.9 Å². The molecule has 0 unspecified atom stereocenters. The average Bonchev–Trinajstić information content (AvgIpc) is 3.42. The smallest absolute Gasteiger partial charge is 0.253 e. The van der Waals surface area contributed by atoms with E-state index in [4.69, 9.17) is 0 Å². The lowest BCUT2D eigenvalue weighted by Crippen LogP contribution is -2.49. The van der Waals surface area contributed by atoms with Crippen molar-refractivity contribution in [1.82, 2.24) is 14.7 Å². The first kappa shape index (κ1) is 28.2. The molecule has 204 valence electrons. The third-order valence-electron chi connectivity index (χ3n) is 7.30. The van der Waals surface area contributed by atoms with E-state index in [-0.39, 0.29) is 11.7 Å². The van der Waals surface area contributed by atoms with Crippen molar-refractivity contribution in [3.8, 4) is 0 Å². The molecule has 2 aliphatic rings. The molecule has 8 nitrogen and oxygen atoms in total. The number of anilines is 1. The topological polar surface area (TPSA) is 90.0 Å². The predicted octanol–water partition coefficient (Wildman–Crippen LogP) is 4.19. The van der Waals surface area contributed by atoms with E-state index in [1.165, 1.54) is 0 Å². The van der Waals surface area contributed by atoms with Crippen molar-refractivity contribution in [2.45, 2.75) is 32.1 Å². The number of hydrogen-bond acceptors (Lipinski definition) is 7. The van der Waals surface area contributed by atoms with E-state index in [1.807, 2.05) is 38.1 Å². The number of sulfonamides is 1. The number of thioether (sulfide) groups is 1. The molecular formula is C28H36N4O4S2. The van der Waals surface area contributed by atoms with Crippen LogP contribution in [0.5, 0.6) is 0 Å². The van der Waals surface area contributed by atoms with Crippen molar-refractivity contribution >= 4 is 39.2 Å². The molecule has 1 fully saturated rings. The predicted molar refractivity (Wildman–Crippen MR) is 154 cm³/mol. The number of likely N-dealkylation sites (tertiary alicyclic amines) is 1. The largest absolute Gasteiger partial charge is 0.355 e. The number of nitrogens with zero attached hydrogens (tertiary/aromatic N) is 3. The van der Waals surface area contributed by atoms with Gasteiger partial charge in [-0.15, -0.1) is 11.8 Å². The van der Waals surface area contributed by atoms with Gasteiger partial charge in [-0.05, 0) is 61.9 Å². The van der Waals surface area contributed by atoms with E-state index in [9.17, 15) is 18.0 Å². The van der Waals surface area contributed by atoms with E-state index < -0.39 is 15.4 Å². The Hall–Kier alpha value is -2.82. The lowest BCUT2D eigenvalue weighted by Gasteiger charge is -2.42. The van der Waals surface area contributed by atoms with Crippen molar-refractivity contribution in [3.05, 3.63) is 76.8 Å². The molecule has 0 bridgehead atoms. The number of rotatable bonds is 10. The molecule has 0 atom stereocenters. The summed E-state index contributed by atoms with van der Waals surface area (Å²) in [5, 5.41) is 2.09. The van der Waals surface area contributed by atoms with Crippen LogP contribution in [0.4, 0.5) is 5.69 Å². The highest BCUT2D eigenvalue weighted by Gasteiger charge is 2.43. The van der Waals surface area contributed by atoms with Crippen LogP contribution in [0.15, 0.2) is 60.1 Å². The van der Waals surface area contributed by atoms with Crippen LogP contribution in [-0.2, 0) is 15.4 Å². The minimum absolute atomic E-state index is 0.0205. The molecule has 0 saturated carbocycles. The van der Waals surface area contributed by atoms with E-state index in [0.717, 1.165) is 37.5 Å². The number of carbonyl (C=O) groups excluding carboxylic acids is 2. The maximum Gasteiger partial charge on any atom is 0.253 e. The minimum atomic E-state index is -3.47. The van der Waals surface area contributed by atoms with Gasteiger partial charge in [0, 0.05) is 49.2 Å². The lowest BCUT2D eigenvalue weighted by molar-refractivity contribution is 0.0718. The number of amides is 1. The van der Waals surface area contributed by atoms with Crippen molar-refractivity contribution in [3.63, 3.8) is 0 Å². The lowest BCUT2D eigenvalue weighted by atomic mass is 9.68. The Morgan fingerprint density at radius 1 is 1.03 bits per heavy atom. The molecule has 2 aromatic carbocycles. The number of Topliss-reactive ketones (excluding diaryl/α,β-unsaturated/α-hetero) is 1. The molecule has 38 heavy (non-hydrogen) atoms. The molecule has 0 radical (unpaired) electrons. The average molecular weight is 557 g/mol. The standard InChI is InChI=1S/C28H36N4O4S2/c1-4-32(5-2)27(34)22-9-11-24(12-10-22)28(13-15-30(16-14-28)20-31-17-18-37-21-31)26(33)23-7-6-8-25(19-23)29-38(3,35)36/h6-12,17-19,29H,4-5,13-16,20-21H2,1-3H3. The fraction of sp³-hybridized carbons (Fsp3) is 0.429. The number of piperidine rings is 1. The highest BCUT2D eigenvalue weighted by Crippen LogP contribution is 2.39. The maximum atomic E-state index is 14.2. The molecule has 2 aliphatic heterocycles. The van der Waals surface area contributed by atoms with Crippen LogP contribution in [0.1, 0.15) is 53.0 Å². The van der Waals surface area contributed by atoms with Gasteiger partial charge >= 0.3 is 0 Å². The second-order valence-corrected chi connectivity index (χ2v) is 12.5. The summed E-state index contributed by atoms with van der Waals surface area (Å²) in [7, 11) is -3.47. The van der Waals surface area contributed by atoms with E-state index >= 15 is 0 Å². The summed E-state index contributed by atoms with van der Waals surface area (Å²) in [5.41, 5.74) is 1.55. The van der Waals surface area contributed by atoms with Crippen molar-refractivity contribution in [2.75, 3.05) is 49.7 Å². The molecular weight excluding hydrogens is 520 g/mol. The van der Waals surface area contributed by atoms with Crippen LogP contribution in [-0.4, -0.2) is 79.8 Å². The van der Waals surface area contributed by atoms with Crippen molar-refractivity contribution < 1.29 is 18.0 Å². The molecule has 2 aromatic rings. The fourth-order valence-electron chi connectivity index (χ4n) is 5.22. The molecule has 0 aliphatic carbocycles. The van der Waals surface area contributed by atoms with Gasteiger partial charge in [0.05, 0.1) is 24.2 Å². The highest BCUT2D eigenvalue weighted by molar-refractivity contribution is 8.02. The second-order valence-electron chi connectivity index (χ2n) is 9.85. The van der Waals surface area contributed by atoms with Gasteiger partial charge in [0.25, 0.3) is 5.91 Å². The Morgan fingerprint density at radius 2 is 1.71 bits per heavy atom. The molecule has 1 N–H and O–H groups in total. The van der Waals surface area contributed by atoms with Crippen LogP contribution in [0.2, 0.25) is 0 Å². The van der Waals surface area contributed by atoms with Crippen LogP contribution in [0.25, 0.3) is 0 Å². The van der Waals surface area contributed by atoms with Crippen LogP contribution >= 0.6 is 11.8 Å². The Morgan fingerprint density at radius 3 is 2.29 bits per heavy atom. The fourth-order valence-corrected chi connectivity index (χ4v) is 6.48. The first-order chi connectivity index (χ1) is 18.1. The first-order valence-electron chi connectivity index (χ1n) is 12.9. The number of carbonyl (C=O) groups is 2. The van der Waals surface area contributed by atoms with Gasteiger partial charge in [-0.3, -0.25) is 19.2 Å². The summed E-state index contributed by atoms with van der Waals surface area (Å²) in [6, 6.07) is 14.2. The van der Waals surface area contributed by atoms with Gasteiger partial charge in [0.15, 0.2) is 5.78 Å². The third-order valence-corrected chi connectivity index (χ3v) is 8.70. The summed E-state index contributed by atoms with van der Waals surface area (Å²) in [5.74, 6) is 0.879. The second kappa shape index (κ2) is 11.9. The number of ketones is 1. The SMILES string of the molecule is CCN(CC)C(=O)c1ccc(C2(C(=O)c3cccc(NS(C)(=O)=O)c3)CCN(CN3C=CSC3)CC2)cc1. The van der Waals surface area contributed by atoms with Gasteiger partial charge in [-0.2, -0.15) is 0 Å². The highest BCUT2D eigenvalue weighted by atomic mass is 32.2. The van der Waals surface area contributed by atoms with Crippen LogP contribution in [0.3, 0.4) is 0 Å². The molecule has 1 amide bonds. The zero-order valence-corrected chi connectivity index (χ0v) is 23.9. The Bertz CT molecular complexity index is 1280. The van der Waals surface area contributed by atoms with E-state index in [2.05, 4.69) is 26.1 Å². The van der Waals surface area contributed by atoms with Crippen LogP contribution < -0.4 is 4.72 Å². The monoisotopic (exact) mass is 556 g/mol. The number of nitrogens with one attached hydrogen (secondary N) is 1. The molecule has 0 spiro atoms. The normalized spacial score (nSPS) is 17.4. The summed E-state index contributed by atoms with van der Waals surface area (Å²) >= 11 is 1.77. The van der Waals surface area contributed by atoms with Crippen molar-refractivity contribution in [1.29, 1.82) is 0 Å². The quantitative estimate of drug-likeness (QED) is 0.439. The number of benzene rings is 2. The molecule has 10 heteroatoms. The molecule has 2 heterocycles. The summed E-state index contributed by atoms with van der Waals surface area (Å²) in [6.07, 6.45) is 4.45. The van der Waals surface area contributed by atoms with Gasteiger partial charge in [-0.25, -0.2) is 8.42 Å². The van der Waals surface area contributed by atoms with Crippen LogP contribution in [0, 0.1) is 0 Å². The third kappa shape index (κ3) is 6.42. The Balaban J connectivity index is 1.64.